The van der Waals surface area contributed by atoms with Crippen molar-refractivity contribution in [1.82, 2.24) is 9.78 Å². The summed E-state index contributed by atoms with van der Waals surface area (Å²) in [6, 6.07) is 26.6. The molecule has 36 heavy (non-hydrogen) atoms. The number of hydrogen-bond acceptors (Lipinski definition) is 5. The van der Waals surface area contributed by atoms with Crippen LogP contribution in [0.3, 0.4) is 0 Å². The highest BCUT2D eigenvalue weighted by molar-refractivity contribution is 5.99. The fourth-order valence-electron chi connectivity index (χ4n) is 3.86. The number of aryl methyl sites for hydroxylation is 1. The second-order valence-electron chi connectivity index (χ2n) is 8.28. The number of carbonyl (C=O) groups is 2. The number of para-hydroxylation sites is 2. The van der Waals surface area contributed by atoms with Gasteiger partial charge in [-0.2, -0.15) is 5.10 Å². The molecule has 0 amide bonds. The number of rotatable bonds is 8. The summed E-state index contributed by atoms with van der Waals surface area (Å²) < 4.78 is 13.0. The van der Waals surface area contributed by atoms with Crippen LogP contribution in [0.25, 0.3) is 34.2 Å². The Bertz CT molecular complexity index is 1510. The van der Waals surface area contributed by atoms with Gasteiger partial charge in [-0.15, -0.1) is 0 Å². The van der Waals surface area contributed by atoms with E-state index in [2.05, 4.69) is 0 Å². The van der Waals surface area contributed by atoms with E-state index >= 15 is 0 Å². The van der Waals surface area contributed by atoms with Gasteiger partial charge in [0, 0.05) is 28.8 Å². The largest absolute Gasteiger partial charge is 0.454 e. The summed E-state index contributed by atoms with van der Waals surface area (Å²) in [5.41, 5.74) is 4.55. The van der Waals surface area contributed by atoms with Crippen LogP contribution in [0, 0.1) is 0 Å². The molecule has 6 nitrogen and oxygen atoms in total. The summed E-state index contributed by atoms with van der Waals surface area (Å²) in [6.07, 6.45) is 5.64. The number of Topliss-reactive ketones (excluding diaryl/α,β-unsaturated/α-hetero) is 1. The van der Waals surface area contributed by atoms with Crippen LogP contribution in [0.1, 0.15) is 28.4 Å². The number of nitrogens with zero attached hydrogens (tertiary/aromatic N) is 2. The Morgan fingerprint density at radius 1 is 0.972 bits per heavy atom. The molecule has 0 radical (unpaired) electrons. The highest BCUT2D eigenvalue weighted by Gasteiger charge is 2.16. The van der Waals surface area contributed by atoms with Crippen LogP contribution in [-0.4, -0.2) is 28.1 Å². The van der Waals surface area contributed by atoms with Gasteiger partial charge in [-0.05, 0) is 42.3 Å². The Labute approximate surface area is 208 Å². The molecule has 178 valence electrons. The van der Waals surface area contributed by atoms with Gasteiger partial charge < -0.3 is 9.15 Å². The fraction of sp³-hybridized carbons (Fsp3) is 0.100. The maximum Gasteiger partial charge on any atom is 0.331 e. The van der Waals surface area contributed by atoms with Crippen LogP contribution in [0.5, 0.6) is 0 Å². The van der Waals surface area contributed by atoms with E-state index < -0.39 is 5.97 Å². The van der Waals surface area contributed by atoms with Crippen molar-refractivity contribution in [2.24, 2.45) is 0 Å². The smallest absolute Gasteiger partial charge is 0.331 e. The molecule has 0 spiro atoms. The van der Waals surface area contributed by atoms with E-state index in [-0.39, 0.29) is 12.4 Å². The molecule has 6 heteroatoms. The number of ketones is 1. The minimum atomic E-state index is -0.614. The molecule has 0 bridgehead atoms. The lowest BCUT2D eigenvalue weighted by Crippen LogP contribution is -2.12. The molecule has 0 aliphatic carbocycles. The van der Waals surface area contributed by atoms with Gasteiger partial charge in [0.1, 0.15) is 11.3 Å². The lowest BCUT2D eigenvalue weighted by atomic mass is 10.1. The van der Waals surface area contributed by atoms with Gasteiger partial charge in [0.05, 0.1) is 5.69 Å². The van der Waals surface area contributed by atoms with E-state index in [1.807, 2.05) is 85.9 Å². The molecule has 0 unspecified atom stereocenters. The average Bonchev–Trinajstić information content (AvgIpc) is 3.55. The molecule has 0 atom stereocenters. The van der Waals surface area contributed by atoms with Crippen LogP contribution in [-0.2, 0) is 16.0 Å². The number of esters is 1. The molecule has 3 aromatic carbocycles. The molecular formula is C30H24N2O4. The first-order valence-electron chi connectivity index (χ1n) is 11.7. The molecule has 5 aromatic rings. The zero-order chi connectivity index (χ0) is 24.9. The SMILES string of the molecule is CCc1ccc(C(=O)COC(=O)C=Cc2cn(-c3ccccc3)nc2-c2cc3ccccc3o2)cc1. The van der Waals surface area contributed by atoms with Crippen molar-refractivity contribution < 1.29 is 18.7 Å². The number of aromatic nitrogens is 2. The van der Waals surface area contributed by atoms with E-state index in [1.165, 1.54) is 6.08 Å². The summed E-state index contributed by atoms with van der Waals surface area (Å²) in [6.45, 7) is 1.72. The third kappa shape index (κ3) is 5.03. The highest BCUT2D eigenvalue weighted by atomic mass is 16.5. The number of ether oxygens (including phenoxy) is 1. The first-order chi connectivity index (χ1) is 17.6. The van der Waals surface area contributed by atoms with Gasteiger partial charge in [0.2, 0.25) is 0 Å². The summed E-state index contributed by atoms with van der Waals surface area (Å²) in [5.74, 6) is -0.277. The maximum absolute atomic E-state index is 12.4. The summed E-state index contributed by atoms with van der Waals surface area (Å²) >= 11 is 0. The van der Waals surface area contributed by atoms with Gasteiger partial charge >= 0.3 is 5.97 Å². The molecule has 2 aromatic heterocycles. The Morgan fingerprint density at radius 3 is 2.47 bits per heavy atom. The molecule has 0 saturated heterocycles. The Kier molecular flexibility index (Phi) is 6.58. The third-order valence-electron chi connectivity index (χ3n) is 5.85. The summed E-state index contributed by atoms with van der Waals surface area (Å²) in [5, 5.41) is 5.68. The van der Waals surface area contributed by atoms with Crippen molar-refractivity contribution in [1.29, 1.82) is 0 Å². The number of fused-ring (bicyclic) bond motifs is 1. The summed E-state index contributed by atoms with van der Waals surface area (Å²) in [7, 11) is 0. The van der Waals surface area contributed by atoms with E-state index in [0.29, 0.717) is 22.6 Å². The zero-order valence-electron chi connectivity index (χ0n) is 19.8. The third-order valence-corrected chi connectivity index (χ3v) is 5.85. The lowest BCUT2D eigenvalue weighted by molar-refractivity contribution is -0.136. The van der Waals surface area contributed by atoms with Gasteiger partial charge in [-0.1, -0.05) is 67.6 Å². The van der Waals surface area contributed by atoms with Crippen LogP contribution in [0.4, 0.5) is 0 Å². The number of furan rings is 1. The standard InChI is InChI=1S/C30H24N2O4/c1-2-21-12-14-22(15-13-21)26(33)20-35-29(34)17-16-24-19-32(25-9-4-3-5-10-25)31-30(24)28-18-23-8-6-7-11-27(23)36-28/h3-19H,2,20H2,1H3. The van der Waals surface area contributed by atoms with Crippen LogP contribution in [0.15, 0.2) is 102 Å². The molecule has 2 heterocycles. The molecular weight excluding hydrogens is 452 g/mol. The van der Waals surface area contributed by atoms with Crippen molar-refractivity contribution in [2.45, 2.75) is 13.3 Å². The molecule has 0 saturated carbocycles. The average molecular weight is 477 g/mol. The maximum atomic E-state index is 12.4. The fourth-order valence-corrected chi connectivity index (χ4v) is 3.86. The molecule has 0 fully saturated rings. The monoisotopic (exact) mass is 476 g/mol. The van der Waals surface area contributed by atoms with Crippen molar-refractivity contribution in [3.05, 3.63) is 114 Å². The predicted molar refractivity (Wildman–Crippen MR) is 139 cm³/mol. The second-order valence-corrected chi connectivity index (χ2v) is 8.28. The highest BCUT2D eigenvalue weighted by Crippen LogP contribution is 2.30. The Hall–Kier alpha value is -4.71. The zero-order valence-corrected chi connectivity index (χ0v) is 19.8. The summed E-state index contributed by atoms with van der Waals surface area (Å²) in [4.78, 5) is 24.8. The van der Waals surface area contributed by atoms with E-state index in [0.717, 1.165) is 28.6 Å². The van der Waals surface area contributed by atoms with Gasteiger partial charge in [0.25, 0.3) is 0 Å². The molecule has 5 rings (SSSR count). The minimum Gasteiger partial charge on any atom is -0.454 e. The van der Waals surface area contributed by atoms with Gasteiger partial charge in [-0.25, -0.2) is 9.48 Å². The second kappa shape index (κ2) is 10.3. The number of hydrogen-bond donors (Lipinski definition) is 0. The van der Waals surface area contributed by atoms with E-state index in [9.17, 15) is 9.59 Å². The van der Waals surface area contributed by atoms with Crippen LogP contribution >= 0.6 is 0 Å². The van der Waals surface area contributed by atoms with E-state index in [1.54, 1.807) is 22.9 Å². The van der Waals surface area contributed by atoms with Gasteiger partial charge in [0.15, 0.2) is 18.2 Å². The van der Waals surface area contributed by atoms with Gasteiger partial charge in [-0.3, -0.25) is 4.79 Å². The first-order valence-corrected chi connectivity index (χ1v) is 11.7. The quantitative estimate of drug-likeness (QED) is 0.150. The van der Waals surface area contributed by atoms with E-state index in [4.69, 9.17) is 14.3 Å². The predicted octanol–water partition coefficient (Wildman–Crippen LogP) is 6.29. The minimum absolute atomic E-state index is 0.251. The lowest BCUT2D eigenvalue weighted by Gasteiger charge is -2.03. The first kappa shape index (κ1) is 23.1. The topological polar surface area (TPSA) is 74.3 Å². The number of carbonyl (C=O) groups excluding carboxylic acids is 2. The molecule has 0 aliphatic rings. The Morgan fingerprint density at radius 2 is 1.72 bits per heavy atom. The normalized spacial score (nSPS) is 11.2. The van der Waals surface area contributed by atoms with Crippen molar-refractivity contribution in [2.75, 3.05) is 6.61 Å². The van der Waals surface area contributed by atoms with Crippen molar-refractivity contribution in [3.8, 4) is 17.1 Å². The molecule has 0 aliphatic heterocycles. The van der Waals surface area contributed by atoms with Crippen molar-refractivity contribution in [3.63, 3.8) is 0 Å². The van der Waals surface area contributed by atoms with Crippen molar-refractivity contribution >= 4 is 28.8 Å². The van der Waals surface area contributed by atoms with Crippen LogP contribution < -0.4 is 0 Å². The Balaban J connectivity index is 1.36. The number of benzene rings is 3. The van der Waals surface area contributed by atoms with Crippen LogP contribution in [0.2, 0.25) is 0 Å². The molecule has 0 N–H and O–H groups in total.